The molecule has 1 N–H and O–H groups in total. The lowest BCUT2D eigenvalue weighted by molar-refractivity contribution is 0.0532. The number of rotatable bonds is 3. The molecule has 1 aromatic rings. The molecule has 0 aliphatic carbocycles. The Labute approximate surface area is 111 Å². The molecule has 1 saturated heterocycles. The maximum Gasteiger partial charge on any atom is 0.285 e. The topological polar surface area (TPSA) is 61.4 Å². The Balaban J connectivity index is 2.05. The summed E-state index contributed by atoms with van der Waals surface area (Å²) in [4.78, 5) is 16.4. The average molecular weight is 269 g/mol. The van der Waals surface area contributed by atoms with Crippen molar-refractivity contribution in [3.8, 4) is 0 Å². The lowest BCUT2D eigenvalue weighted by Gasteiger charge is -2.37. The van der Waals surface area contributed by atoms with Gasteiger partial charge in [0.25, 0.3) is 5.91 Å². The van der Waals surface area contributed by atoms with Gasteiger partial charge < -0.3 is 15.1 Å². The summed E-state index contributed by atoms with van der Waals surface area (Å²) in [6.45, 7) is 7.42. The predicted octanol–water partition coefficient (Wildman–Crippen LogP) is 0.746. The minimum Gasteiger partial charge on any atom is -0.360 e. The van der Waals surface area contributed by atoms with Crippen LogP contribution in [0.3, 0.4) is 0 Å². The van der Waals surface area contributed by atoms with E-state index in [1.807, 2.05) is 11.8 Å². The van der Waals surface area contributed by atoms with Gasteiger partial charge in [-0.05, 0) is 20.9 Å². The first-order valence-corrected chi connectivity index (χ1v) is 7.00. The second kappa shape index (κ2) is 5.62. The first-order valence-electron chi connectivity index (χ1n) is 6.18. The van der Waals surface area contributed by atoms with Crippen molar-refractivity contribution >= 4 is 22.4 Å². The van der Waals surface area contributed by atoms with Crippen molar-refractivity contribution in [2.45, 2.75) is 19.9 Å². The number of piperazine rings is 1. The van der Waals surface area contributed by atoms with Gasteiger partial charge in [-0.2, -0.15) is 0 Å². The Morgan fingerprint density at radius 1 is 1.50 bits per heavy atom. The third-order valence-electron chi connectivity index (χ3n) is 3.03. The van der Waals surface area contributed by atoms with E-state index in [4.69, 9.17) is 0 Å². The third-order valence-corrected chi connectivity index (χ3v) is 3.90. The van der Waals surface area contributed by atoms with Gasteiger partial charge in [-0.15, -0.1) is 10.2 Å². The van der Waals surface area contributed by atoms with Crippen molar-refractivity contribution in [1.29, 1.82) is 0 Å². The number of anilines is 1. The number of nitrogens with zero attached hydrogens (tertiary/aromatic N) is 4. The second-order valence-corrected chi connectivity index (χ2v) is 5.53. The van der Waals surface area contributed by atoms with Gasteiger partial charge in [0, 0.05) is 32.2 Å². The zero-order chi connectivity index (χ0) is 13.1. The molecular weight excluding hydrogens is 250 g/mol. The van der Waals surface area contributed by atoms with Crippen LogP contribution in [-0.4, -0.2) is 65.2 Å². The molecule has 0 aromatic carbocycles. The Morgan fingerprint density at radius 3 is 2.94 bits per heavy atom. The van der Waals surface area contributed by atoms with E-state index in [1.165, 1.54) is 11.3 Å². The molecule has 1 aromatic heterocycles. The molecule has 1 amide bonds. The van der Waals surface area contributed by atoms with Crippen LogP contribution < -0.4 is 5.32 Å². The quantitative estimate of drug-likeness (QED) is 0.877. The molecule has 1 aliphatic heterocycles. The summed E-state index contributed by atoms with van der Waals surface area (Å²) in [5.74, 6) is -0.00254. The Bertz CT molecular complexity index is 421. The summed E-state index contributed by atoms with van der Waals surface area (Å²) in [5, 5.41) is 12.2. The van der Waals surface area contributed by atoms with Crippen molar-refractivity contribution in [2.75, 3.05) is 38.5 Å². The van der Waals surface area contributed by atoms with Crippen LogP contribution in [0.1, 0.15) is 23.6 Å². The fraction of sp³-hybridized carbons (Fsp3) is 0.727. The molecule has 2 rings (SSSR count). The molecule has 100 valence electrons. The maximum absolute atomic E-state index is 12.3. The van der Waals surface area contributed by atoms with E-state index in [1.54, 1.807) is 0 Å². The van der Waals surface area contributed by atoms with Gasteiger partial charge in [0.1, 0.15) is 0 Å². The summed E-state index contributed by atoms with van der Waals surface area (Å²) in [7, 11) is 2.08. The molecule has 1 unspecified atom stereocenters. The monoisotopic (exact) mass is 269 g/mol. The molecular formula is C11H19N5OS. The molecule has 6 nitrogen and oxygen atoms in total. The van der Waals surface area contributed by atoms with Crippen LogP contribution in [0.4, 0.5) is 5.13 Å². The number of carbonyl (C=O) groups excluding carboxylic acids is 1. The van der Waals surface area contributed by atoms with E-state index in [-0.39, 0.29) is 11.9 Å². The van der Waals surface area contributed by atoms with Gasteiger partial charge in [-0.25, -0.2) is 0 Å². The zero-order valence-corrected chi connectivity index (χ0v) is 11.8. The Hall–Kier alpha value is -1.21. The lowest BCUT2D eigenvalue weighted by Crippen LogP contribution is -2.52. The number of hydrogen-bond acceptors (Lipinski definition) is 6. The van der Waals surface area contributed by atoms with E-state index >= 15 is 0 Å². The molecule has 0 spiro atoms. The standard InChI is InChI=1S/C11H19N5OS/c1-4-12-11-14-13-9(18-11)10(17)16-6-5-15(3)7-8(16)2/h8H,4-7H2,1-3H3,(H,12,14). The normalized spacial score (nSPS) is 21.1. The molecule has 1 fully saturated rings. The van der Waals surface area contributed by atoms with Gasteiger partial charge in [-0.3, -0.25) is 4.79 Å². The van der Waals surface area contributed by atoms with Crippen molar-refractivity contribution < 1.29 is 4.79 Å². The highest BCUT2D eigenvalue weighted by Gasteiger charge is 2.28. The number of likely N-dealkylation sites (N-methyl/N-ethyl adjacent to an activating group) is 1. The van der Waals surface area contributed by atoms with E-state index in [9.17, 15) is 4.79 Å². The average Bonchev–Trinajstić information content (AvgIpc) is 2.77. The van der Waals surface area contributed by atoms with Crippen LogP contribution in [-0.2, 0) is 0 Å². The van der Waals surface area contributed by atoms with Gasteiger partial charge in [-0.1, -0.05) is 11.3 Å². The first kappa shape index (κ1) is 13.2. The smallest absolute Gasteiger partial charge is 0.285 e. The number of amides is 1. The zero-order valence-electron chi connectivity index (χ0n) is 11.0. The minimum absolute atomic E-state index is 0.00254. The van der Waals surface area contributed by atoms with Gasteiger partial charge in [0.2, 0.25) is 10.1 Å². The van der Waals surface area contributed by atoms with Gasteiger partial charge >= 0.3 is 0 Å². The van der Waals surface area contributed by atoms with Crippen LogP contribution >= 0.6 is 11.3 Å². The largest absolute Gasteiger partial charge is 0.360 e. The van der Waals surface area contributed by atoms with Crippen LogP contribution in [0.15, 0.2) is 0 Å². The number of nitrogens with one attached hydrogen (secondary N) is 1. The van der Waals surface area contributed by atoms with E-state index in [0.717, 1.165) is 26.2 Å². The third kappa shape index (κ3) is 2.78. The van der Waals surface area contributed by atoms with Crippen LogP contribution in [0.25, 0.3) is 0 Å². The Morgan fingerprint density at radius 2 is 2.28 bits per heavy atom. The van der Waals surface area contributed by atoms with Crippen LogP contribution in [0.5, 0.6) is 0 Å². The molecule has 18 heavy (non-hydrogen) atoms. The first-order chi connectivity index (χ1) is 8.61. The summed E-state index contributed by atoms with van der Waals surface area (Å²) in [6.07, 6.45) is 0. The van der Waals surface area contributed by atoms with E-state index < -0.39 is 0 Å². The lowest BCUT2D eigenvalue weighted by atomic mass is 10.2. The number of aromatic nitrogens is 2. The summed E-state index contributed by atoms with van der Waals surface area (Å²) in [6, 6.07) is 0.225. The fourth-order valence-electron chi connectivity index (χ4n) is 2.10. The highest BCUT2D eigenvalue weighted by Crippen LogP contribution is 2.19. The highest BCUT2D eigenvalue weighted by atomic mass is 32.1. The van der Waals surface area contributed by atoms with Gasteiger partial charge in [0.15, 0.2) is 0 Å². The molecule has 0 saturated carbocycles. The van der Waals surface area contributed by atoms with Crippen molar-refractivity contribution in [3.63, 3.8) is 0 Å². The second-order valence-electron chi connectivity index (χ2n) is 4.55. The fourth-order valence-corrected chi connectivity index (χ4v) is 2.86. The van der Waals surface area contributed by atoms with E-state index in [0.29, 0.717) is 10.1 Å². The summed E-state index contributed by atoms with van der Waals surface area (Å²) >= 11 is 1.32. The predicted molar refractivity (Wildman–Crippen MR) is 72.1 cm³/mol. The maximum atomic E-state index is 12.3. The van der Waals surface area contributed by atoms with Crippen LogP contribution in [0, 0.1) is 0 Å². The molecule has 1 aliphatic rings. The van der Waals surface area contributed by atoms with Crippen molar-refractivity contribution in [3.05, 3.63) is 5.01 Å². The van der Waals surface area contributed by atoms with Gasteiger partial charge in [0.05, 0.1) is 0 Å². The molecule has 1 atom stereocenters. The highest BCUT2D eigenvalue weighted by molar-refractivity contribution is 7.17. The molecule has 0 radical (unpaired) electrons. The van der Waals surface area contributed by atoms with E-state index in [2.05, 4.69) is 34.4 Å². The minimum atomic E-state index is -0.00254. The van der Waals surface area contributed by atoms with Crippen molar-refractivity contribution in [1.82, 2.24) is 20.0 Å². The van der Waals surface area contributed by atoms with Crippen LogP contribution in [0.2, 0.25) is 0 Å². The summed E-state index contributed by atoms with van der Waals surface area (Å²) < 4.78 is 0. The molecule has 7 heteroatoms. The molecule has 2 heterocycles. The SMILES string of the molecule is CCNc1nnc(C(=O)N2CCN(C)CC2C)s1. The summed E-state index contributed by atoms with van der Waals surface area (Å²) in [5.41, 5.74) is 0. The van der Waals surface area contributed by atoms with Crippen molar-refractivity contribution in [2.24, 2.45) is 0 Å². The Kier molecular flexibility index (Phi) is 4.13. The molecule has 0 bridgehead atoms. The number of carbonyl (C=O) groups is 1. The number of hydrogen-bond donors (Lipinski definition) is 1.